The highest BCUT2D eigenvalue weighted by molar-refractivity contribution is 9.10. The number of hydrogen-bond donors (Lipinski definition) is 1. The number of nitrogens with zero attached hydrogens (tertiary/aromatic N) is 2. The lowest BCUT2D eigenvalue weighted by molar-refractivity contribution is -0.113. The fourth-order valence-corrected chi connectivity index (χ4v) is 3.28. The van der Waals surface area contributed by atoms with Gasteiger partial charge < -0.3 is 9.73 Å². The molecule has 1 heterocycles. The monoisotopic (exact) mass is 417 g/mol. The Balaban J connectivity index is 1.61. The maximum absolute atomic E-state index is 12.2. The van der Waals surface area contributed by atoms with Crippen molar-refractivity contribution in [1.82, 2.24) is 10.2 Å². The highest BCUT2D eigenvalue weighted by Crippen LogP contribution is 2.26. The molecule has 0 saturated heterocycles. The second-order valence-corrected chi connectivity index (χ2v) is 7.33. The summed E-state index contributed by atoms with van der Waals surface area (Å²) in [5.41, 5.74) is 3.75. The van der Waals surface area contributed by atoms with Crippen LogP contribution in [0.1, 0.15) is 11.1 Å². The van der Waals surface area contributed by atoms with Gasteiger partial charge in [0.1, 0.15) is 0 Å². The summed E-state index contributed by atoms with van der Waals surface area (Å²) >= 11 is 4.63. The van der Waals surface area contributed by atoms with E-state index in [9.17, 15) is 4.79 Å². The zero-order chi connectivity index (χ0) is 17.8. The number of thioether (sulfide) groups is 1. The van der Waals surface area contributed by atoms with Crippen LogP contribution in [0.5, 0.6) is 0 Å². The van der Waals surface area contributed by atoms with Crippen LogP contribution < -0.4 is 5.32 Å². The van der Waals surface area contributed by atoms with Crippen molar-refractivity contribution in [3.8, 4) is 11.5 Å². The summed E-state index contributed by atoms with van der Waals surface area (Å²) in [5, 5.41) is 11.3. The Bertz CT molecular complexity index is 891. The summed E-state index contributed by atoms with van der Waals surface area (Å²) in [5.74, 6) is 0.525. The van der Waals surface area contributed by atoms with Crippen molar-refractivity contribution in [2.75, 3.05) is 11.1 Å². The molecule has 0 atom stereocenters. The summed E-state index contributed by atoms with van der Waals surface area (Å²) in [6.45, 7) is 3.94. The van der Waals surface area contributed by atoms with Crippen LogP contribution in [0.2, 0.25) is 0 Å². The molecule has 128 valence electrons. The van der Waals surface area contributed by atoms with Gasteiger partial charge in [0.15, 0.2) is 0 Å². The van der Waals surface area contributed by atoms with Gasteiger partial charge in [0, 0.05) is 15.7 Å². The second-order valence-electron chi connectivity index (χ2n) is 5.49. The van der Waals surface area contributed by atoms with Gasteiger partial charge in [0.2, 0.25) is 11.8 Å². The molecule has 0 aliphatic rings. The van der Waals surface area contributed by atoms with Gasteiger partial charge in [0.05, 0.1) is 5.75 Å². The molecule has 3 rings (SSSR count). The maximum Gasteiger partial charge on any atom is 0.277 e. The molecule has 0 aliphatic carbocycles. The van der Waals surface area contributed by atoms with E-state index in [0.29, 0.717) is 11.1 Å². The lowest BCUT2D eigenvalue weighted by Crippen LogP contribution is -2.15. The van der Waals surface area contributed by atoms with E-state index in [0.717, 1.165) is 26.9 Å². The molecule has 25 heavy (non-hydrogen) atoms. The third kappa shape index (κ3) is 4.49. The highest BCUT2D eigenvalue weighted by Gasteiger charge is 2.12. The number of aromatic nitrogens is 2. The fourth-order valence-electron chi connectivity index (χ4n) is 2.32. The van der Waals surface area contributed by atoms with Crippen LogP contribution in [0.25, 0.3) is 11.5 Å². The normalized spacial score (nSPS) is 10.7. The number of aryl methyl sites for hydroxylation is 2. The van der Waals surface area contributed by atoms with Gasteiger partial charge in [-0.2, -0.15) is 0 Å². The fraction of sp³-hybridized carbons (Fsp3) is 0.167. The summed E-state index contributed by atoms with van der Waals surface area (Å²) in [6.07, 6.45) is 0. The summed E-state index contributed by atoms with van der Waals surface area (Å²) in [4.78, 5) is 12.2. The lowest BCUT2D eigenvalue weighted by atomic mass is 10.1. The molecular formula is C18H16BrN3O2S. The van der Waals surface area contributed by atoms with Gasteiger partial charge >= 0.3 is 0 Å². The molecule has 0 unspecified atom stereocenters. The number of para-hydroxylation sites is 1. The van der Waals surface area contributed by atoms with Gasteiger partial charge in [-0.1, -0.05) is 52.0 Å². The zero-order valence-corrected chi connectivity index (χ0v) is 16.1. The number of rotatable bonds is 5. The Morgan fingerprint density at radius 1 is 1.16 bits per heavy atom. The third-order valence-corrected chi connectivity index (χ3v) is 4.86. The summed E-state index contributed by atoms with van der Waals surface area (Å²) < 4.78 is 6.55. The van der Waals surface area contributed by atoms with Crippen LogP contribution in [0.4, 0.5) is 5.69 Å². The number of carbonyl (C=O) groups excluding carboxylic acids is 1. The van der Waals surface area contributed by atoms with Crippen LogP contribution >= 0.6 is 27.7 Å². The maximum atomic E-state index is 12.2. The van der Waals surface area contributed by atoms with Crippen molar-refractivity contribution in [1.29, 1.82) is 0 Å². The van der Waals surface area contributed by atoms with E-state index in [1.807, 2.05) is 56.3 Å². The Labute approximate surface area is 158 Å². The number of carbonyl (C=O) groups is 1. The average molecular weight is 418 g/mol. The molecule has 0 radical (unpaired) electrons. The van der Waals surface area contributed by atoms with E-state index >= 15 is 0 Å². The van der Waals surface area contributed by atoms with E-state index < -0.39 is 0 Å². The molecule has 5 nitrogen and oxygen atoms in total. The van der Waals surface area contributed by atoms with Crippen molar-refractivity contribution in [3.05, 3.63) is 58.1 Å². The minimum atomic E-state index is -0.107. The second kappa shape index (κ2) is 7.84. The molecular weight excluding hydrogens is 402 g/mol. The van der Waals surface area contributed by atoms with Crippen LogP contribution in [0.15, 0.2) is 56.6 Å². The number of amides is 1. The largest absolute Gasteiger partial charge is 0.411 e. The third-order valence-electron chi connectivity index (χ3n) is 3.55. The van der Waals surface area contributed by atoms with Crippen molar-refractivity contribution < 1.29 is 9.21 Å². The smallest absolute Gasteiger partial charge is 0.277 e. The van der Waals surface area contributed by atoms with Crippen LogP contribution in [-0.2, 0) is 4.79 Å². The van der Waals surface area contributed by atoms with Gasteiger partial charge in [-0.25, -0.2) is 0 Å². The van der Waals surface area contributed by atoms with Gasteiger partial charge in [-0.05, 0) is 43.2 Å². The Morgan fingerprint density at radius 2 is 1.88 bits per heavy atom. The number of nitrogens with one attached hydrogen (secondary N) is 1. The Kier molecular flexibility index (Phi) is 5.55. The van der Waals surface area contributed by atoms with Crippen LogP contribution in [-0.4, -0.2) is 21.9 Å². The predicted molar refractivity (Wildman–Crippen MR) is 103 cm³/mol. The Hall–Kier alpha value is -2.12. The van der Waals surface area contributed by atoms with E-state index in [2.05, 4.69) is 31.4 Å². The molecule has 1 N–H and O–H groups in total. The van der Waals surface area contributed by atoms with E-state index in [4.69, 9.17) is 4.42 Å². The first-order valence-electron chi connectivity index (χ1n) is 7.61. The van der Waals surface area contributed by atoms with E-state index in [-0.39, 0.29) is 11.7 Å². The lowest BCUT2D eigenvalue weighted by Gasteiger charge is -2.10. The van der Waals surface area contributed by atoms with Crippen molar-refractivity contribution in [2.45, 2.75) is 19.1 Å². The van der Waals surface area contributed by atoms with Crippen molar-refractivity contribution >= 4 is 39.3 Å². The molecule has 0 fully saturated rings. The molecule has 2 aromatic carbocycles. The zero-order valence-electron chi connectivity index (χ0n) is 13.7. The minimum Gasteiger partial charge on any atom is -0.411 e. The standard InChI is InChI=1S/C18H16BrN3O2S/c1-11-5-3-6-12(2)16(11)20-15(23)10-25-18-22-21-17(24-18)13-7-4-8-14(19)9-13/h3-9H,10H2,1-2H3,(H,20,23). The van der Waals surface area contributed by atoms with E-state index in [1.54, 1.807) is 0 Å². The quantitative estimate of drug-likeness (QED) is 0.601. The van der Waals surface area contributed by atoms with Gasteiger partial charge in [-0.3, -0.25) is 4.79 Å². The van der Waals surface area contributed by atoms with Crippen LogP contribution in [0.3, 0.4) is 0 Å². The summed E-state index contributed by atoms with van der Waals surface area (Å²) in [6, 6.07) is 13.5. The first-order chi connectivity index (χ1) is 12.0. The van der Waals surface area contributed by atoms with Gasteiger partial charge in [-0.15, -0.1) is 10.2 Å². The first-order valence-corrected chi connectivity index (χ1v) is 9.39. The Morgan fingerprint density at radius 3 is 2.60 bits per heavy atom. The first kappa shape index (κ1) is 17.7. The minimum absolute atomic E-state index is 0.107. The SMILES string of the molecule is Cc1cccc(C)c1NC(=O)CSc1nnc(-c2cccc(Br)c2)o1. The molecule has 3 aromatic rings. The van der Waals surface area contributed by atoms with E-state index in [1.165, 1.54) is 11.8 Å². The number of halogens is 1. The molecule has 0 aliphatic heterocycles. The van der Waals surface area contributed by atoms with Gasteiger partial charge in [0.25, 0.3) is 5.22 Å². The predicted octanol–water partition coefficient (Wildman–Crippen LogP) is 4.85. The van der Waals surface area contributed by atoms with Crippen molar-refractivity contribution in [2.24, 2.45) is 0 Å². The number of anilines is 1. The van der Waals surface area contributed by atoms with Crippen molar-refractivity contribution in [3.63, 3.8) is 0 Å². The number of benzene rings is 2. The molecule has 1 amide bonds. The molecule has 1 aromatic heterocycles. The molecule has 7 heteroatoms. The molecule has 0 spiro atoms. The average Bonchev–Trinajstić information content (AvgIpc) is 3.06. The topological polar surface area (TPSA) is 68.0 Å². The van der Waals surface area contributed by atoms with Crippen LogP contribution in [0, 0.1) is 13.8 Å². The summed E-state index contributed by atoms with van der Waals surface area (Å²) in [7, 11) is 0. The molecule has 0 bridgehead atoms. The highest BCUT2D eigenvalue weighted by atomic mass is 79.9. The number of hydrogen-bond acceptors (Lipinski definition) is 5. The molecule has 0 saturated carbocycles.